The lowest BCUT2D eigenvalue weighted by molar-refractivity contribution is -0.0220. The van der Waals surface area contributed by atoms with E-state index in [2.05, 4.69) is 11.0 Å². The Balaban J connectivity index is 1.45. The molecule has 3 atom stereocenters. The molecule has 5 rings (SSSR count). The van der Waals surface area contributed by atoms with Gasteiger partial charge in [-0.05, 0) is 73.7 Å². The van der Waals surface area contributed by atoms with Crippen molar-refractivity contribution in [1.82, 2.24) is 4.31 Å². The summed E-state index contributed by atoms with van der Waals surface area (Å²) in [5.74, 6) is 1.35. The van der Waals surface area contributed by atoms with Gasteiger partial charge in [-0.15, -0.1) is 0 Å². The predicted molar refractivity (Wildman–Crippen MR) is 184 cm³/mol. The van der Waals surface area contributed by atoms with Crippen LogP contribution < -0.4 is 14.4 Å². The molecule has 48 heavy (non-hydrogen) atoms. The van der Waals surface area contributed by atoms with Crippen molar-refractivity contribution in [3.05, 3.63) is 83.4 Å². The Kier molecular flexibility index (Phi) is 12.0. The van der Waals surface area contributed by atoms with Crippen molar-refractivity contribution in [3.8, 4) is 11.5 Å². The first-order valence-corrected chi connectivity index (χ1v) is 19.4. The molecule has 0 radical (unpaired) electrons. The van der Waals surface area contributed by atoms with E-state index in [1.54, 1.807) is 38.5 Å². The lowest BCUT2D eigenvalue weighted by Gasteiger charge is -2.43. The van der Waals surface area contributed by atoms with Crippen molar-refractivity contribution < 1.29 is 40.0 Å². The van der Waals surface area contributed by atoms with Gasteiger partial charge in [0.05, 0.1) is 49.8 Å². The molecule has 0 aliphatic carbocycles. The van der Waals surface area contributed by atoms with E-state index >= 15 is 0 Å². The summed E-state index contributed by atoms with van der Waals surface area (Å²) in [5, 5.41) is 0. The van der Waals surface area contributed by atoms with Crippen LogP contribution in [0.15, 0.2) is 71.6 Å². The minimum Gasteiger partial charge on any atom is -0.497 e. The van der Waals surface area contributed by atoms with Gasteiger partial charge in [0.25, 0.3) is 10.1 Å². The summed E-state index contributed by atoms with van der Waals surface area (Å²) in [6, 6.07) is 19.9. The average molecular weight is 703 g/mol. The standard InChI is InChI=1S/C35H46N2O9S2/c1-26-6-13-31(14-7-26)48(40,41)37-24-35(45-25-27-8-15-34-33(22-27)36(18-21-44-34)17-5-19-42-2)32(28-9-11-30(43-3)12-10-28)23-29(37)16-20-46-47(4,38)39/h6-15,22,29,32,35H,5,16-21,23-25H2,1-4H3/t29-,32+,35-/m0/s1. The number of anilines is 1. The fourth-order valence-corrected chi connectivity index (χ4v) is 8.44. The number of hydrogen-bond donors (Lipinski definition) is 0. The van der Waals surface area contributed by atoms with Crippen molar-refractivity contribution in [2.24, 2.45) is 0 Å². The largest absolute Gasteiger partial charge is 0.497 e. The van der Waals surface area contributed by atoms with E-state index in [4.69, 9.17) is 23.1 Å². The first-order valence-electron chi connectivity index (χ1n) is 16.2. The maximum atomic E-state index is 14.2. The van der Waals surface area contributed by atoms with Crippen LogP contribution in [-0.4, -0.2) is 93.2 Å². The van der Waals surface area contributed by atoms with Crippen LogP contribution in [0.4, 0.5) is 5.69 Å². The molecule has 0 bridgehead atoms. The van der Waals surface area contributed by atoms with E-state index in [0.29, 0.717) is 25.4 Å². The monoisotopic (exact) mass is 702 g/mol. The minimum atomic E-state index is -3.96. The normalized spacial score (nSPS) is 20.2. The summed E-state index contributed by atoms with van der Waals surface area (Å²) in [7, 11) is -4.36. The third kappa shape index (κ3) is 9.07. The van der Waals surface area contributed by atoms with Crippen molar-refractivity contribution in [1.29, 1.82) is 0 Å². The lowest BCUT2D eigenvalue weighted by atomic mass is 9.83. The highest BCUT2D eigenvalue weighted by Crippen LogP contribution is 2.39. The van der Waals surface area contributed by atoms with Crippen LogP contribution in [0.1, 0.15) is 41.9 Å². The topological polar surface area (TPSA) is 121 Å². The third-order valence-electron chi connectivity index (χ3n) is 8.89. The van der Waals surface area contributed by atoms with E-state index in [1.807, 2.05) is 43.3 Å². The van der Waals surface area contributed by atoms with E-state index in [9.17, 15) is 16.8 Å². The van der Waals surface area contributed by atoms with Gasteiger partial charge in [-0.25, -0.2) is 8.42 Å². The van der Waals surface area contributed by atoms with Gasteiger partial charge in [0.1, 0.15) is 18.1 Å². The van der Waals surface area contributed by atoms with Crippen LogP contribution in [0.2, 0.25) is 0 Å². The highest BCUT2D eigenvalue weighted by atomic mass is 32.2. The van der Waals surface area contributed by atoms with Gasteiger partial charge in [-0.3, -0.25) is 4.18 Å². The zero-order chi connectivity index (χ0) is 34.3. The summed E-state index contributed by atoms with van der Waals surface area (Å²) in [4.78, 5) is 2.47. The predicted octanol–water partition coefficient (Wildman–Crippen LogP) is 4.74. The number of methoxy groups -OCH3 is 2. The van der Waals surface area contributed by atoms with E-state index < -0.39 is 32.3 Å². The fourth-order valence-electron chi connectivity index (χ4n) is 6.37. The third-order valence-corrected chi connectivity index (χ3v) is 11.4. The molecule has 13 heteroatoms. The van der Waals surface area contributed by atoms with Crippen molar-refractivity contribution in [3.63, 3.8) is 0 Å². The molecular weight excluding hydrogens is 657 g/mol. The molecule has 2 aliphatic rings. The number of hydrogen-bond acceptors (Lipinski definition) is 10. The molecule has 262 valence electrons. The fraction of sp³-hybridized carbons (Fsp3) is 0.486. The van der Waals surface area contributed by atoms with Crippen molar-refractivity contribution in [2.45, 2.75) is 55.8 Å². The molecular formula is C35H46N2O9S2. The van der Waals surface area contributed by atoms with Gasteiger partial charge in [-0.2, -0.15) is 12.7 Å². The molecule has 2 heterocycles. The molecule has 0 amide bonds. The number of sulfonamides is 1. The van der Waals surface area contributed by atoms with Crippen LogP contribution in [0.5, 0.6) is 11.5 Å². The van der Waals surface area contributed by atoms with Crippen LogP contribution in [-0.2, 0) is 40.4 Å². The zero-order valence-corrected chi connectivity index (χ0v) is 29.7. The van der Waals surface area contributed by atoms with Gasteiger partial charge < -0.3 is 23.8 Å². The number of benzene rings is 3. The van der Waals surface area contributed by atoms with E-state index in [0.717, 1.165) is 53.9 Å². The number of nitrogens with zero attached hydrogens (tertiary/aromatic N) is 2. The molecule has 2 aliphatic heterocycles. The molecule has 0 spiro atoms. The van der Waals surface area contributed by atoms with E-state index in [-0.39, 0.29) is 37.0 Å². The van der Waals surface area contributed by atoms with Gasteiger partial charge >= 0.3 is 0 Å². The molecule has 0 saturated carbocycles. The summed E-state index contributed by atoms with van der Waals surface area (Å²) >= 11 is 0. The SMILES string of the molecule is COCCCN1CCOc2ccc(CO[C@H]3CN(S(=O)(=O)c4ccc(C)cc4)[C@@H](CCOS(C)(=O)=O)C[C@@H]3c3ccc(OC)cc3)cc21. The highest BCUT2D eigenvalue weighted by molar-refractivity contribution is 7.89. The summed E-state index contributed by atoms with van der Waals surface area (Å²) < 4.78 is 81.7. The maximum Gasteiger partial charge on any atom is 0.264 e. The number of fused-ring (bicyclic) bond motifs is 1. The second-order valence-electron chi connectivity index (χ2n) is 12.3. The Labute approximate surface area is 284 Å². The molecule has 1 fully saturated rings. The summed E-state index contributed by atoms with van der Waals surface area (Å²) in [5.41, 5.74) is 3.87. The first kappa shape index (κ1) is 36.1. The minimum absolute atomic E-state index is 0.0770. The second kappa shape index (κ2) is 16.0. The highest BCUT2D eigenvalue weighted by Gasteiger charge is 2.43. The molecule has 1 saturated heterocycles. The molecule has 11 nitrogen and oxygen atoms in total. The molecule has 3 aromatic carbocycles. The lowest BCUT2D eigenvalue weighted by Crippen LogP contribution is -2.52. The van der Waals surface area contributed by atoms with Crippen LogP contribution in [0.25, 0.3) is 0 Å². The van der Waals surface area contributed by atoms with Gasteiger partial charge in [0.2, 0.25) is 10.0 Å². The Bertz CT molecular complexity index is 1720. The number of ether oxygens (including phenoxy) is 4. The average Bonchev–Trinajstić information content (AvgIpc) is 3.07. The molecule has 0 aromatic heterocycles. The molecule has 3 aromatic rings. The van der Waals surface area contributed by atoms with Gasteiger partial charge in [0.15, 0.2) is 0 Å². The Morgan fingerprint density at radius 2 is 1.69 bits per heavy atom. The molecule has 0 unspecified atom stereocenters. The Morgan fingerprint density at radius 3 is 2.38 bits per heavy atom. The van der Waals surface area contributed by atoms with E-state index in [1.165, 1.54) is 4.31 Å². The summed E-state index contributed by atoms with van der Waals surface area (Å²) in [6.45, 7) is 5.01. The first-order chi connectivity index (χ1) is 23.0. The quantitative estimate of drug-likeness (QED) is 0.162. The number of rotatable bonds is 15. The van der Waals surface area contributed by atoms with Crippen LogP contribution in [0.3, 0.4) is 0 Å². The maximum absolute atomic E-state index is 14.2. The Morgan fingerprint density at radius 1 is 0.938 bits per heavy atom. The molecule has 0 N–H and O–H groups in total. The number of aryl methyl sites for hydroxylation is 1. The van der Waals surface area contributed by atoms with Gasteiger partial charge in [0, 0.05) is 38.8 Å². The smallest absolute Gasteiger partial charge is 0.264 e. The van der Waals surface area contributed by atoms with Crippen molar-refractivity contribution in [2.75, 3.05) is 64.8 Å². The van der Waals surface area contributed by atoms with Crippen LogP contribution >= 0.6 is 0 Å². The van der Waals surface area contributed by atoms with Crippen molar-refractivity contribution >= 4 is 25.8 Å². The van der Waals surface area contributed by atoms with Crippen LogP contribution in [0, 0.1) is 6.92 Å². The zero-order valence-electron chi connectivity index (χ0n) is 28.0. The van der Waals surface area contributed by atoms with Gasteiger partial charge in [-0.1, -0.05) is 35.9 Å². The summed E-state index contributed by atoms with van der Waals surface area (Å²) in [6.07, 6.45) is 1.98. The Hall–Kier alpha value is -3.20. The number of piperidine rings is 1. The second-order valence-corrected chi connectivity index (χ2v) is 15.8.